The second-order valence-electron chi connectivity index (χ2n) is 6.44. The van der Waals surface area contributed by atoms with Crippen molar-refractivity contribution in [2.75, 3.05) is 11.9 Å². The zero-order chi connectivity index (χ0) is 20.4. The number of carbonyl (C=O) groups excluding carboxylic acids is 2. The fourth-order valence-corrected chi connectivity index (χ4v) is 2.42. The average molecular weight is 383 g/mol. The summed E-state index contributed by atoms with van der Waals surface area (Å²) in [4.78, 5) is 24.6. The van der Waals surface area contributed by atoms with E-state index in [0.717, 1.165) is 0 Å². The number of nitrogens with zero attached hydrogens (tertiary/aromatic N) is 1. The minimum absolute atomic E-state index is 0.00581. The normalized spacial score (nSPS) is 11.6. The second kappa shape index (κ2) is 7.81. The predicted octanol–water partition coefficient (Wildman–Crippen LogP) is 3.96. The highest BCUT2D eigenvalue weighted by Crippen LogP contribution is 2.25. The molecular formula is C18H20F3N3O3. The lowest BCUT2D eigenvalue weighted by molar-refractivity contribution is -0.123. The van der Waals surface area contributed by atoms with Gasteiger partial charge in [-0.1, -0.05) is 25.1 Å². The molecule has 0 unspecified atom stereocenters. The molecule has 2 aromatic rings. The summed E-state index contributed by atoms with van der Waals surface area (Å²) in [6.45, 7) is 5.62. The summed E-state index contributed by atoms with van der Waals surface area (Å²) in [5, 5.41) is 8.28. The minimum atomic E-state index is -4.50. The highest BCUT2D eigenvalue weighted by atomic mass is 19.4. The van der Waals surface area contributed by atoms with E-state index in [1.165, 1.54) is 12.1 Å². The number of aromatic nitrogens is 1. The smallest absolute Gasteiger partial charge is 0.360 e. The van der Waals surface area contributed by atoms with Crippen LogP contribution in [-0.4, -0.2) is 29.7 Å². The second-order valence-corrected chi connectivity index (χ2v) is 6.44. The third-order valence-electron chi connectivity index (χ3n) is 3.84. The van der Waals surface area contributed by atoms with Crippen LogP contribution in [0.4, 0.5) is 18.9 Å². The molecule has 2 N–H and O–H groups in total. The predicted molar refractivity (Wildman–Crippen MR) is 92.8 cm³/mol. The van der Waals surface area contributed by atoms with Crippen LogP contribution < -0.4 is 10.6 Å². The van der Waals surface area contributed by atoms with Crippen LogP contribution in [0.15, 0.2) is 22.7 Å². The van der Waals surface area contributed by atoms with Gasteiger partial charge in [-0.25, -0.2) is 0 Å². The first-order valence-corrected chi connectivity index (χ1v) is 8.22. The molecule has 6 nitrogen and oxygen atoms in total. The van der Waals surface area contributed by atoms with E-state index in [4.69, 9.17) is 4.52 Å². The Bertz CT molecular complexity index is 857. The Labute approximate surface area is 154 Å². The van der Waals surface area contributed by atoms with Crippen LogP contribution >= 0.6 is 0 Å². The summed E-state index contributed by atoms with van der Waals surface area (Å²) in [5.74, 6) is -0.977. The number of anilines is 1. The van der Waals surface area contributed by atoms with E-state index in [-0.39, 0.29) is 11.5 Å². The van der Waals surface area contributed by atoms with Gasteiger partial charge in [0.1, 0.15) is 12.1 Å². The number of carbonyl (C=O) groups is 2. The topological polar surface area (TPSA) is 84.2 Å². The number of aryl methyl sites for hydroxylation is 2. The third kappa shape index (κ3) is 5.08. The Balaban J connectivity index is 2.23. The maximum Gasteiger partial charge on any atom is 0.405 e. The molecule has 0 aliphatic rings. The Morgan fingerprint density at radius 1 is 1.19 bits per heavy atom. The van der Waals surface area contributed by atoms with Gasteiger partial charge in [0, 0.05) is 17.2 Å². The molecule has 1 aromatic carbocycles. The number of hydrogen-bond donors (Lipinski definition) is 2. The fraction of sp³-hybridized carbons (Fsp3) is 0.389. The zero-order valence-corrected chi connectivity index (χ0v) is 15.3. The summed E-state index contributed by atoms with van der Waals surface area (Å²) in [6.07, 6.45) is -4.50. The highest BCUT2D eigenvalue weighted by molar-refractivity contribution is 6.07. The van der Waals surface area contributed by atoms with Gasteiger partial charge < -0.3 is 15.2 Å². The first-order chi connectivity index (χ1) is 12.5. The molecule has 2 amide bonds. The van der Waals surface area contributed by atoms with E-state index in [1.807, 2.05) is 13.8 Å². The molecule has 0 aliphatic carbocycles. The Hall–Kier alpha value is -2.84. The molecule has 1 heterocycles. The molecule has 0 radical (unpaired) electrons. The van der Waals surface area contributed by atoms with Crippen molar-refractivity contribution < 1.29 is 27.3 Å². The molecule has 27 heavy (non-hydrogen) atoms. The van der Waals surface area contributed by atoms with Crippen LogP contribution in [0.5, 0.6) is 0 Å². The lowest BCUT2D eigenvalue weighted by Gasteiger charge is -2.12. The number of nitrogens with one attached hydrogen (secondary N) is 2. The monoisotopic (exact) mass is 383 g/mol. The fourth-order valence-electron chi connectivity index (χ4n) is 2.42. The molecule has 0 bridgehead atoms. The highest BCUT2D eigenvalue weighted by Gasteiger charge is 2.28. The Morgan fingerprint density at radius 3 is 2.44 bits per heavy atom. The lowest BCUT2D eigenvalue weighted by atomic mass is 10.0. The van der Waals surface area contributed by atoms with Crippen LogP contribution in [0.1, 0.15) is 57.5 Å². The van der Waals surface area contributed by atoms with Gasteiger partial charge in [-0.2, -0.15) is 13.2 Å². The maximum absolute atomic E-state index is 12.7. The van der Waals surface area contributed by atoms with Crippen molar-refractivity contribution in [3.05, 3.63) is 46.3 Å². The summed E-state index contributed by atoms with van der Waals surface area (Å²) in [7, 11) is 0. The van der Waals surface area contributed by atoms with Crippen LogP contribution in [-0.2, 0) is 0 Å². The molecule has 0 aliphatic heterocycles. The van der Waals surface area contributed by atoms with Crippen molar-refractivity contribution in [3.8, 4) is 0 Å². The minimum Gasteiger partial charge on any atom is -0.360 e. The van der Waals surface area contributed by atoms with Gasteiger partial charge in [-0.3, -0.25) is 9.59 Å². The number of amides is 2. The first-order valence-electron chi connectivity index (χ1n) is 8.22. The summed E-state index contributed by atoms with van der Waals surface area (Å²) >= 11 is 0. The molecule has 2 rings (SSSR count). The van der Waals surface area contributed by atoms with Crippen molar-refractivity contribution >= 4 is 17.5 Å². The van der Waals surface area contributed by atoms with Crippen molar-refractivity contribution in [2.45, 2.75) is 39.8 Å². The number of benzene rings is 1. The van der Waals surface area contributed by atoms with Gasteiger partial charge in [0.05, 0.1) is 5.69 Å². The molecule has 0 saturated carbocycles. The van der Waals surface area contributed by atoms with Gasteiger partial charge in [-0.05, 0) is 31.5 Å². The number of halogens is 3. The van der Waals surface area contributed by atoms with Gasteiger partial charge >= 0.3 is 6.18 Å². The standard InChI is InChI=1S/C18H20F3N3O3/c1-9(2)15-14(11(4)24-27-15)17(26)23-13-7-12(6-5-10(13)3)16(25)22-8-18(19,20)21/h5-7,9H,8H2,1-4H3,(H,22,25)(H,23,26). The van der Waals surface area contributed by atoms with E-state index in [0.29, 0.717) is 28.3 Å². The maximum atomic E-state index is 12.7. The molecule has 0 saturated heterocycles. The SMILES string of the molecule is Cc1ccc(C(=O)NCC(F)(F)F)cc1NC(=O)c1c(C)noc1C(C)C. The van der Waals surface area contributed by atoms with Gasteiger partial charge in [0.2, 0.25) is 0 Å². The molecule has 0 spiro atoms. The van der Waals surface area contributed by atoms with Crippen LogP contribution in [0.3, 0.4) is 0 Å². The van der Waals surface area contributed by atoms with E-state index >= 15 is 0 Å². The number of rotatable bonds is 5. The van der Waals surface area contributed by atoms with Crippen LogP contribution in [0, 0.1) is 13.8 Å². The van der Waals surface area contributed by atoms with E-state index in [1.54, 1.807) is 25.2 Å². The third-order valence-corrected chi connectivity index (χ3v) is 3.84. The lowest BCUT2D eigenvalue weighted by Crippen LogP contribution is -2.33. The molecule has 9 heteroatoms. The Morgan fingerprint density at radius 2 is 1.85 bits per heavy atom. The quantitative estimate of drug-likeness (QED) is 0.819. The average Bonchev–Trinajstić information content (AvgIpc) is 2.96. The van der Waals surface area contributed by atoms with Crippen LogP contribution in [0.2, 0.25) is 0 Å². The van der Waals surface area contributed by atoms with E-state index in [9.17, 15) is 22.8 Å². The molecular weight excluding hydrogens is 363 g/mol. The van der Waals surface area contributed by atoms with Crippen LogP contribution in [0.25, 0.3) is 0 Å². The first kappa shape index (κ1) is 20.5. The van der Waals surface area contributed by atoms with Crippen molar-refractivity contribution in [3.63, 3.8) is 0 Å². The van der Waals surface area contributed by atoms with E-state index < -0.39 is 24.5 Å². The molecule has 0 atom stereocenters. The molecule has 1 aromatic heterocycles. The van der Waals surface area contributed by atoms with Crippen molar-refractivity contribution in [1.82, 2.24) is 10.5 Å². The van der Waals surface area contributed by atoms with Crippen molar-refractivity contribution in [1.29, 1.82) is 0 Å². The number of hydrogen-bond acceptors (Lipinski definition) is 4. The summed E-state index contributed by atoms with van der Waals surface area (Å²) in [6, 6.07) is 4.26. The summed E-state index contributed by atoms with van der Waals surface area (Å²) < 4.78 is 42.0. The largest absolute Gasteiger partial charge is 0.405 e. The molecule has 146 valence electrons. The van der Waals surface area contributed by atoms with Crippen molar-refractivity contribution in [2.24, 2.45) is 0 Å². The van der Waals surface area contributed by atoms with Gasteiger partial charge in [0.25, 0.3) is 11.8 Å². The van der Waals surface area contributed by atoms with Gasteiger partial charge in [0.15, 0.2) is 5.76 Å². The van der Waals surface area contributed by atoms with E-state index in [2.05, 4.69) is 10.5 Å². The van der Waals surface area contributed by atoms with Gasteiger partial charge in [-0.15, -0.1) is 0 Å². The molecule has 0 fully saturated rings. The summed E-state index contributed by atoms with van der Waals surface area (Å²) in [5.41, 5.74) is 1.70. The zero-order valence-electron chi connectivity index (χ0n) is 15.3. The Kier molecular flexibility index (Phi) is 5.92. The number of alkyl halides is 3.